The van der Waals surface area contributed by atoms with E-state index >= 15 is 0 Å². The first kappa shape index (κ1) is 21.5. The Bertz CT molecular complexity index is 448. The Morgan fingerprint density at radius 1 is 1.23 bits per heavy atom. The molecule has 6 heteroatoms. The summed E-state index contributed by atoms with van der Waals surface area (Å²) in [5.74, 6) is 0.905. The molecule has 0 saturated heterocycles. The van der Waals surface area contributed by atoms with E-state index in [-0.39, 0.29) is 24.0 Å². The molecule has 0 amide bonds. The van der Waals surface area contributed by atoms with E-state index in [9.17, 15) is 0 Å². The summed E-state index contributed by atoms with van der Waals surface area (Å²) >= 11 is 5.91. The maximum absolute atomic E-state index is 5.91. The number of hydrogen-bond donors (Lipinski definition) is 1. The van der Waals surface area contributed by atoms with Crippen LogP contribution in [0.3, 0.4) is 0 Å². The molecule has 126 valence electrons. The van der Waals surface area contributed by atoms with Crippen LogP contribution in [-0.4, -0.2) is 56.0 Å². The number of benzene rings is 1. The highest BCUT2D eigenvalue weighted by Crippen LogP contribution is 2.10. The van der Waals surface area contributed by atoms with Gasteiger partial charge in [-0.2, -0.15) is 0 Å². The van der Waals surface area contributed by atoms with E-state index in [1.807, 2.05) is 38.4 Å². The SMILES string of the molecule is CN=C(NCCN(C)C(C)C)N(C)Cc1ccc(Cl)cc1.I. The van der Waals surface area contributed by atoms with Crippen molar-refractivity contribution in [2.75, 3.05) is 34.2 Å². The summed E-state index contributed by atoms with van der Waals surface area (Å²) in [6, 6.07) is 8.47. The van der Waals surface area contributed by atoms with Crippen molar-refractivity contribution in [2.45, 2.75) is 26.4 Å². The van der Waals surface area contributed by atoms with Gasteiger partial charge in [-0.1, -0.05) is 23.7 Å². The minimum absolute atomic E-state index is 0. The summed E-state index contributed by atoms with van der Waals surface area (Å²) in [6.07, 6.45) is 0. The van der Waals surface area contributed by atoms with Crippen molar-refractivity contribution in [3.05, 3.63) is 34.9 Å². The molecule has 22 heavy (non-hydrogen) atoms. The van der Waals surface area contributed by atoms with Crippen LogP contribution < -0.4 is 5.32 Å². The highest BCUT2D eigenvalue weighted by Gasteiger charge is 2.07. The first-order valence-corrected chi connectivity index (χ1v) is 7.68. The smallest absolute Gasteiger partial charge is 0.193 e. The molecule has 1 aromatic rings. The lowest BCUT2D eigenvalue weighted by Gasteiger charge is -2.25. The number of hydrogen-bond acceptors (Lipinski definition) is 2. The van der Waals surface area contributed by atoms with Gasteiger partial charge < -0.3 is 15.1 Å². The number of nitrogens with zero attached hydrogens (tertiary/aromatic N) is 3. The van der Waals surface area contributed by atoms with E-state index < -0.39 is 0 Å². The van der Waals surface area contributed by atoms with Crippen molar-refractivity contribution in [3.63, 3.8) is 0 Å². The van der Waals surface area contributed by atoms with Crippen molar-refractivity contribution in [1.82, 2.24) is 15.1 Å². The zero-order valence-electron chi connectivity index (χ0n) is 14.1. The van der Waals surface area contributed by atoms with Gasteiger partial charge in [-0.05, 0) is 38.6 Å². The van der Waals surface area contributed by atoms with Crippen LogP contribution in [0, 0.1) is 0 Å². The normalized spacial score (nSPS) is 11.5. The van der Waals surface area contributed by atoms with Gasteiger partial charge in [-0.25, -0.2) is 0 Å². The standard InChI is InChI=1S/C16H27ClN4.HI/c1-13(2)20(4)11-10-19-16(18-3)21(5)12-14-6-8-15(17)9-7-14;/h6-9,13H,10-12H2,1-5H3,(H,18,19);1H. The number of aliphatic imine (C=N–C) groups is 1. The van der Waals surface area contributed by atoms with Crippen LogP contribution in [-0.2, 0) is 6.54 Å². The molecule has 0 atom stereocenters. The second-order valence-electron chi connectivity index (χ2n) is 5.53. The Morgan fingerprint density at radius 3 is 2.32 bits per heavy atom. The largest absolute Gasteiger partial charge is 0.355 e. The van der Waals surface area contributed by atoms with Crippen LogP contribution in [0.25, 0.3) is 0 Å². The van der Waals surface area contributed by atoms with Crippen molar-refractivity contribution >= 4 is 41.5 Å². The van der Waals surface area contributed by atoms with Crippen molar-refractivity contribution in [3.8, 4) is 0 Å². The highest BCUT2D eigenvalue weighted by molar-refractivity contribution is 14.0. The molecular weight excluding hydrogens is 411 g/mol. The number of rotatable bonds is 6. The maximum Gasteiger partial charge on any atom is 0.193 e. The van der Waals surface area contributed by atoms with Gasteiger partial charge in [0.1, 0.15) is 0 Å². The third-order valence-corrected chi connectivity index (χ3v) is 3.79. The van der Waals surface area contributed by atoms with Gasteiger partial charge in [0.15, 0.2) is 5.96 Å². The molecule has 1 aromatic carbocycles. The molecule has 0 aliphatic heterocycles. The first-order valence-electron chi connectivity index (χ1n) is 7.30. The Labute approximate surface area is 156 Å². The van der Waals surface area contributed by atoms with Crippen molar-refractivity contribution < 1.29 is 0 Å². The van der Waals surface area contributed by atoms with Gasteiger partial charge in [-0.15, -0.1) is 24.0 Å². The highest BCUT2D eigenvalue weighted by atomic mass is 127. The molecule has 0 bridgehead atoms. The number of nitrogens with one attached hydrogen (secondary N) is 1. The zero-order valence-corrected chi connectivity index (χ0v) is 17.2. The van der Waals surface area contributed by atoms with Gasteiger partial charge in [0.2, 0.25) is 0 Å². The predicted octanol–water partition coefficient (Wildman–Crippen LogP) is 3.31. The Balaban J connectivity index is 0.00000441. The minimum Gasteiger partial charge on any atom is -0.355 e. The van der Waals surface area contributed by atoms with Crippen LogP contribution >= 0.6 is 35.6 Å². The molecule has 0 spiro atoms. The van der Waals surface area contributed by atoms with Crippen LogP contribution in [0.15, 0.2) is 29.3 Å². The molecule has 0 saturated carbocycles. The fourth-order valence-corrected chi connectivity index (χ4v) is 2.05. The van der Waals surface area contributed by atoms with Gasteiger partial charge in [0.25, 0.3) is 0 Å². The molecule has 1 rings (SSSR count). The van der Waals surface area contributed by atoms with Crippen molar-refractivity contribution in [2.24, 2.45) is 4.99 Å². The average molecular weight is 439 g/mol. The summed E-state index contributed by atoms with van der Waals surface area (Å²) in [5, 5.41) is 4.16. The molecule has 0 unspecified atom stereocenters. The monoisotopic (exact) mass is 438 g/mol. The zero-order chi connectivity index (χ0) is 15.8. The molecule has 0 radical (unpaired) electrons. The number of halogens is 2. The molecule has 0 aromatic heterocycles. The molecule has 0 fully saturated rings. The second-order valence-corrected chi connectivity index (χ2v) is 5.97. The quantitative estimate of drug-likeness (QED) is 0.420. The molecule has 0 heterocycles. The summed E-state index contributed by atoms with van der Waals surface area (Å²) in [5.41, 5.74) is 1.21. The Hall–Kier alpha value is -0.530. The summed E-state index contributed by atoms with van der Waals surface area (Å²) in [7, 11) is 5.98. The lowest BCUT2D eigenvalue weighted by Crippen LogP contribution is -2.42. The van der Waals surface area contributed by atoms with Crippen LogP contribution in [0.2, 0.25) is 5.02 Å². The van der Waals surface area contributed by atoms with Gasteiger partial charge in [-0.3, -0.25) is 4.99 Å². The number of guanidine groups is 1. The maximum atomic E-state index is 5.91. The third-order valence-electron chi connectivity index (χ3n) is 3.54. The summed E-state index contributed by atoms with van der Waals surface area (Å²) in [4.78, 5) is 8.75. The molecule has 0 aliphatic rings. The van der Waals surface area contributed by atoms with E-state index in [2.05, 4.69) is 41.0 Å². The molecule has 1 N–H and O–H groups in total. The van der Waals surface area contributed by atoms with E-state index in [0.717, 1.165) is 30.6 Å². The van der Waals surface area contributed by atoms with Crippen molar-refractivity contribution in [1.29, 1.82) is 0 Å². The molecular formula is C16H28ClIN4. The second kappa shape index (κ2) is 11.1. The van der Waals surface area contributed by atoms with Crippen LogP contribution in [0.5, 0.6) is 0 Å². The molecule has 0 aliphatic carbocycles. The van der Waals surface area contributed by atoms with Gasteiger partial charge in [0.05, 0.1) is 0 Å². The fraction of sp³-hybridized carbons (Fsp3) is 0.562. The van der Waals surface area contributed by atoms with E-state index in [1.165, 1.54) is 5.56 Å². The molecule has 4 nitrogen and oxygen atoms in total. The first-order chi connectivity index (χ1) is 9.93. The lowest BCUT2D eigenvalue weighted by atomic mass is 10.2. The van der Waals surface area contributed by atoms with E-state index in [1.54, 1.807) is 0 Å². The van der Waals surface area contributed by atoms with Gasteiger partial charge in [0, 0.05) is 44.8 Å². The topological polar surface area (TPSA) is 30.9 Å². The Kier molecular flexibility index (Phi) is 10.8. The van der Waals surface area contributed by atoms with Crippen LogP contribution in [0.1, 0.15) is 19.4 Å². The van der Waals surface area contributed by atoms with Gasteiger partial charge >= 0.3 is 0 Å². The fourth-order valence-electron chi connectivity index (χ4n) is 1.93. The van der Waals surface area contributed by atoms with E-state index in [4.69, 9.17) is 11.6 Å². The number of likely N-dealkylation sites (N-methyl/N-ethyl adjacent to an activating group) is 1. The average Bonchev–Trinajstić information content (AvgIpc) is 2.45. The minimum atomic E-state index is 0. The predicted molar refractivity (Wildman–Crippen MR) is 107 cm³/mol. The summed E-state index contributed by atoms with van der Waals surface area (Å²) < 4.78 is 0. The van der Waals surface area contributed by atoms with E-state index in [0.29, 0.717) is 6.04 Å². The van der Waals surface area contributed by atoms with Crippen LogP contribution in [0.4, 0.5) is 0 Å². The Morgan fingerprint density at radius 2 is 1.82 bits per heavy atom. The third kappa shape index (κ3) is 7.65. The lowest BCUT2D eigenvalue weighted by molar-refractivity contribution is 0.277. The summed E-state index contributed by atoms with van der Waals surface area (Å²) in [6.45, 7) is 7.07.